The molecule has 41 heavy (non-hydrogen) atoms. The van der Waals surface area contributed by atoms with Gasteiger partial charge in [-0.3, -0.25) is 4.79 Å². The van der Waals surface area contributed by atoms with Gasteiger partial charge in [-0.1, -0.05) is 12.5 Å². The number of halogens is 7. The van der Waals surface area contributed by atoms with E-state index in [-0.39, 0.29) is 29.8 Å². The number of carbonyl (C=O) groups excluding carboxylic acids is 1. The maximum Gasteiger partial charge on any atom is 0.435 e. The van der Waals surface area contributed by atoms with Crippen molar-refractivity contribution in [3.8, 4) is 11.8 Å². The molecule has 0 radical (unpaired) electrons. The molecule has 0 aliphatic heterocycles. The molecule has 3 aromatic rings. The van der Waals surface area contributed by atoms with Crippen molar-refractivity contribution < 1.29 is 44.5 Å². The summed E-state index contributed by atoms with van der Waals surface area (Å²) in [5, 5.41) is 8.77. The third-order valence-electron chi connectivity index (χ3n) is 6.88. The second kappa shape index (κ2) is 10.2. The Balaban J connectivity index is 1.77. The predicted octanol–water partition coefficient (Wildman–Crippen LogP) is 6.71. The molecule has 0 bridgehead atoms. The summed E-state index contributed by atoms with van der Waals surface area (Å²) in [5.74, 6) is -3.89. The standard InChI is InChI=1S/C25H22F7N5O3S/c1-12-17(20(38)35-14-6-4-7-15(10-14)41(3,33)39)22(37-36-19(12)24(27,28)29)40-21-13(2)18(26)16(11-34-21)23(8-5-9-23)25(30,31)32/h4,6-7,10-11,33H,5,8-9H2,1-3H3,(H,35,38). The summed E-state index contributed by atoms with van der Waals surface area (Å²) in [6.07, 6.45) is -8.42. The van der Waals surface area contributed by atoms with Crippen LogP contribution in [0.15, 0.2) is 35.4 Å². The number of nitrogens with zero attached hydrogens (tertiary/aromatic N) is 3. The van der Waals surface area contributed by atoms with Crippen LogP contribution >= 0.6 is 0 Å². The SMILES string of the molecule is Cc1c(Oc2nnc(C(F)(F)F)c(C)c2C(=O)Nc2cccc(S(C)(=N)=O)c2)ncc(C2(C(F)(F)F)CCC2)c1F. The van der Waals surface area contributed by atoms with E-state index in [1.54, 1.807) is 0 Å². The Morgan fingerprint density at radius 2 is 1.73 bits per heavy atom. The smallest absolute Gasteiger partial charge is 0.418 e. The number of ether oxygens (including phenoxy) is 1. The third kappa shape index (κ3) is 5.56. The molecule has 0 saturated heterocycles. The number of nitrogens with one attached hydrogen (secondary N) is 2. The zero-order valence-electron chi connectivity index (χ0n) is 21.6. The Labute approximate surface area is 229 Å². The number of pyridine rings is 1. The van der Waals surface area contributed by atoms with Crippen molar-refractivity contribution in [3.63, 3.8) is 0 Å². The molecule has 1 atom stereocenters. The lowest BCUT2D eigenvalue weighted by Crippen LogP contribution is -2.48. The van der Waals surface area contributed by atoms with E-state index in [9.17, 15) is 35.3 Å². The number of amides is 1. The molecule has 2 heterocycles. The normalized spacial score (nSPS) is 16.4. The fourth-order valence-corrected chi connectivity index (χ4v) is 5.14. The largest absolute Gasteiger partial charge is 0.435 e. The summed E-state index contributed by atoms with van der Waals surface area (Å²) in [7, 11) is -3.20. The van der Waals surface area contributed by atoms with Crippen LogP contribution in [-0.2, 0) is 21.3 Å². The molecule has 1 aliphatic carbocycles. The number of benzene rings is 1. The van der Waals surface area contributed by atoms with Gasteiger partial charge in [0.1, 0.15) is 11.4 Å². The highest BCUT2D eigenvalue weighted by Gasteiger charge is 2.60. The average molecular weight is 606 g/mol. The molecule has 1 aliphatic rings. The fraction of sp³-hybridized carbons (Fsp3) is 0.360. The Bertz CT molecular complexity index is 1640. The molecule has 1 aromatic carbocycles. The molecule has 16 heteroatoms. The van der Waals surface area contributed by atoms with Crippen molar-refractivity contribution in [1.82, 2.24) is 15.2 Å². The van der Waals surface area contributed by atoms with Gasteiger partial charge in [0, 0.05) is 34.2 Å². The number of hydrogen-bond donors (Lipinski definition) is 2. The van der Waals surface area contributed by atoms with Crippen LogP contribution in [0, 0.1) is 24.4 Å². The van der Waals surface area contributed by atoms with Gasteiger partial charge in [0.25, 0.3) is 11.8 Å². The van der Waals surface area contributed by atoms with E-state index in [1.165, 1.54) is 24.3 Å². The van der Waals surface area contributed by atoms with Crippen LogP contribution in [0.1, 0.15) is 52.0 Å². The topological polar surface area (TPSA) is 118 Å². The summed E-state index contributed by atoms with van der Waals surface area (Å²) in [6, 6.07) is 5.25. The molecule has 1 fully saturated rings. The molecule has 0 spiro atoms. The zero-order chi connectivity index (χ0) is 30.5. The van der Waals surface area contributed by atoms with Crippen molar-refractivity contribution in [2.45, 2.75) is 55.8 Å². The van der Waals surface area contributed by atoms with E-state index in [1.807, 2.05) is 0 Å². The molecule has 1 saturated carbocycles. The minimum atomic E-state index is -5.03. The van der Waals surface area contributed by atoms with Crippen LogP contribution in [-0.4, -0.2) is 37.7 Å². The van der Waals surface area contributed by atoms with E-state index in [0.717, 1.165) is 20.1 Å². The van der Waals surface area contributed by atoms with Gasteiger partial charge in [-0.15, -0.1) is 10.2 Å². The van der Waals surface area contributed by atoms with Gasteiger partial charge < -0.3 is 10.1 Å². The van der Waals surface area contributed by atoms with Crippen LogP contribution in [0.25, 0.3) is 0 Å². The monoisotopic (exact) mass is 605 g/mol. The van der Waals surface area contributed by atoms with Crippen molar-refractivity contribution in [2.24, 2.45) is 0 Å². The Morgan fingerprint density at radius 1 is 1.07 bits per heavy atom. The lowest BCUT2D eigenvalue weighted by molar-refractivity contribution is -0.213. The van der Waals surface area contributed by atoms with Crippen LogP contribution in [0.3, 0.4) is 0 Å². The first kappa shape index (κ1) is 30.1. The second-order valence-corrected chi connectivity index (χ2v) is 11.8. The summed E-state index contributed by atoms with van der Waals surface area (Å²) in [5.41, 5.74) is -6.60. The predicted molar refractivity (Wildman–Crippen MR) is 132 cm³/mol. The number of alkyl halides is 6. The zero-order valence-corrected chi connectivity index (χ0v) is 22.4. The van der Waals surface area contributed by atoms with E-state index >= 15 is 4.39 Å². The number of hydrogen-bond acceptors (Lipinski definition) is 7. The first-order valence-corrected chi connectivity index (χ1v) is 13.8. The van der Waals surface area contributed by atoms with Crippen molar-refractivity contribution in [2.75, 3.05) is 11.6 Å². The van der Waals surface area contributed by atoms with Crippen molar-refractivity contribution >= 4 is 21.3 Å². The van der Waals surface area contributed by atoms with Gasteiger partial charge in [-0.2, -0.15) is 26.3 Å². The van der Waals surface area contributed by atoms with E-state index in [2.05, 4.69) is 20.5 Å². The molecule has 8 nitrogen and oxygen atoms in total. The highest BCUT2D eigenvalue weighted by molar-refractivity contribution is 7.91. The highest BCUT2D eigenvalue weighted by Crippen LogP contribution is 2.55. The van der Waals surface area contributed by atoms with Crippen LogP contribution < -0.4 is 10.1 Å². The Kier molecular flexibility index (Phi) is 7.52. The minimum absolute atomic E-state index is 0.0207. The fourth-order valence-electron chi connectivity index (χ4n) is 4.45. The van der Waals surface area contributed by atoms with E-state index in [0.29, 0.717) is 6.20 Å². The van der Waals surface area contributed by atoms with Gasteiger partial charge in [0.2, 0.25) is 5.88 Å². The first-order chi connectivity index (χ1) is 18.9. The summed E-state index contributed by atoms with van der Waals surface area (Å²) in [6.45, 7) is 1.99. The number of aromatic nitrogens is 3. The Hall–Kier alpha value is -3.82. The number of anilines is 1. The number of rotatable bonds is 6. The lowest BCUT2D eigenvalue weighted by atomic mass is 9.64. The summed E-state index contributed by atoms with van der Waals surface area (Å²) in [4.78, 5) is 17.0. The summed E-state index contributed by atoms with van der Waals surface area (Å²) < 4.78 is 123. The average Bonchev–Trinajstić information content (AvgIpc) is 2.80. The maximum absolute atomic E-state index is 15.3. The lowest BCUT2D eigenvalue weighted by Gasteiger charge is -2.43. The van der Waals surface area contributed by atoms with Gasteiger partial charge in [-0.05, 0) is 50.5 Å². The molecular weight excluding hydrogens is 583 g/mol. The molecular formula is C25H22F7N5O3S. The molecule has 2 N–H and O–H groups in total. The minimum Gasteiger partial charge on any atom is -0.418 e. The summed E-state index contributed by atoms with van der Waals surface area (Å²) >= 11 is 0. The highest BCUT2D eigenvalue weighted by atomic mass is 32.2. The van der Waals surface area contributed by atoms with E-state index < -0.39 is 78.9 Å². The van der Waals surface area contributed by atoms with Crippen LogP contribution in [0.4, 0.5) is 36.4 Å². The van der Waals surface area contributed by atoms with Crippen molar-refractivity contribution in [1.29, 1.82) is 4.78 Å². The first-order valence-electron chi connectivity index (χ1n) is 11.9. The number of carbonyl (C=O) groups is 1. The Morgan fingerprint density at radius 3 is 2.27 bits per heavy atom. The molecule has 2 aromatic heterocycles. The van der Waals surface area contributed by atoms with Crippen molar-refractivity contribution in [3.05, 3.63) is 64.2 Å². The van der Waals surface area contributed by atoms with Gasteiger partial charge >= 0.3 is 12.4 Å². The second-order valence-electron chi connectivity index (χ2n) is 9.63. The molecule has 1 amide bonds. The van der Waals surface area contributed by atoms with Crippen LogP contribution in [0.5, 0.6) is 11.8 Å². The van der Waals surface area contributed by atoms with Gasteiger partial charge in [0.15, 0.2) is 5.69 Å². The maximum atomic E-state index is 15.3. The molecule has 1 unspecified atom stereocenters. The van der Waals surface area contributed by atoms with Crippen LogP contribution in [0.2, 0.25) is 0 Å². The van der Waals surface area contributed by atoms with E-state index in [4.69, 9.17) is 9.52 Å². The third-order valence-corrected chi connectivity index (χ3v) is 8.03. The quantitative estimate of drug-likeness (QED) is 0.302. The molecule has 220 valence electrons. The van der Waals surface area contributed by atoms with Gasteiger partial charge in [0.05, 0.1) is 15.1 Å². The van der Waals surface area contributed by atoms with Gasteiger partial charge in [-0.25, -0.2) is 18.4 Å². The molecule has 4 rings (SSSR count).